The molecule has 0 aliphatic carbocycles. The summed E-state index contributed by atoms with van der Waals surface area (Å²) >= 11 is 0. The first kappa shape index (κ1) is 21.2. The van der Waals surface area contributed by atoms with Gasteiger partial charge in [0.1, 0.15) is 11.5 Å². The van der Waals surface area contributed by atoms with Gasteiger partial charge in [0.05, 0.1) is 16.6 Å². The number of nitrogens with one attached hydrogen (secondary N) is 1. The molecule has 30 heavy (non-hydrogen) atoms. The van der Waals surface area contributed by atoms with Crippen molar-refractivity contribution in [1.82, 2.24) is 14.9 Å². The zero-order valence-corrected chi connectivity index (χ0v) is 16.9. The van der Waals surface area contributed by atoms with E-state index in [0.717, 1.165) is 5.56 Å². The number of rotatable bonds is 6. The molecule has 0 spiro atoms. The number of carbonyl (C=O) groups is 2. The van der Waals surface area contributed by atoms with E-state index < -0.39 is 18.0 Å². The quantitative estimate of drug-likeness (QED) is 0.630. The van der Waals surface area contributed by atoms with Crippen molar-refractivity contribution in [3.8, 4) is 0 Å². The smallest absolute Gasteiger partial charge is 0.338 e. The number of fused-ring (bicyclic) bond motifs is 1. The number of aryl methyl sites for hydroxylation is 2. The summed E-state index contributed by atoms with van der Waals surface area (Å²) in [6, 6.07) is 10.5. The molecule has 1 heterocycles. The predicted octanol–water partition coefficient (Wildman–Crippen LogP) is 2.73. The Balaban J connectivity index is 1.69. The van der Waals surface area contributed by atoms with Crippen LogP contribution in [0.5, 0.6) is 0 Å². The van der Waals surface area contributed by atoms with E-state index in [2.05, 4.69) is 10.3 Å². The van der Waals surface area contributed by atoms with E-state index in [1.54, 1.807) is 35.8 Å². The van der Waals surface area contributed by atoms with Crippen LogP contribution in [0.2, 0.25) is 0 Å². The number of aromatic nitrogens is 2. The predicted molar refractivity (Wildman–Crippen MR) is 110 cm³/mol. The second-order valence-electron chi connectivity index (χ2n) is 6.84. The standard InChI is InChI=1S/C22H22FN3O4/c1-4-26-19-10-7-16(11-18(19)25-13(2)21(26)28)22(29)30-14(3)20(27)24-12-15-5-8-17(23)9-6-15/h5-11,14H,4,12H2,1-3H3,(H,24,27). The molecule has 0 saturated heterocycles. The number of ether oxygens (including phenoxy) is 1. The van der Waals surface area contributed by atoms with E-state index in [1.807, 2.05) is 6.92 Å². The molecule has 156 valence electrons. The van der Waals surface area contributed by atoms with Crippen LogP contribution in [0, 0.1) is 12.7 Å². The first-order valence-corrected chi connectivity index (χ1v) is 9.54. The molecule has 0 saturated carbocycles. The van der Waals surface area contributed by atoms with Crippen molar-refractivity contribution < 1.29 is 18.7 Å². The fourth-order valence-electron chi connectivity index (χ4n) is 3.03. The summed E-state index contributed by atoms with van der Waals surface area (Å²) < 4.78 is 19.8. The van der Waals surface area contributed by atoms with Gasteiger partial charge in [-0.2, -0.15) is 0 Å². The van der Waals surface area contributed by atoms with E-state index in [1.165, 1.54) is 25.1 Å². The van der Waals surface area contributed by atoms with Crippen LogP contribution in [0.15, 0.2) is 47.3 Å². The van der Waals surface area contributed by atoms with E-state index in [0.29, 0.717) is 23.3 Å². The topological polar surface area (TPSA) is 90.3 Å². The minimum Gasteiger partial charge on any atom is -0.449 e. The van der Waals surface area contributed by atoms with Gasteiger partial charge in [0, 0.05) is 13.1 Å². The molecule has 0 aliphatic heterocycles. The minimum absolute atomic E-state index is 0.174. The molecule has 1 N–H and O–H groups in total. The molecule has 7 nitrogen and oxygen atoms in total. The number of esters is 1. The van der Waals surface area contributed by atoms with Gasteiger partial charge in [0.2, 0.25) is 0 Å². The van der Waals surface area contributed by atoms with E-state index >= 15 is 0 Å². The van der Waals surface area contributed by atoms with Gasteiger partial charge in [0.25, 0.3) is 11.5 Å². The highest BCUT2D eigenvalue weighted by molar-refractivity contribution is 5.95. The number of halogens is 1. The number of benzene rings is 2. The van der Waals surface area contributed by atoms with E-state index in [9.17, 15) is 18.8 Å². The summed E-state index contributed by atoms with van der Waals surface area (Å²) in [7, 11) is 0. The molecule has 8 heteroatoms. The molecule has 0 fully saturated rings. The highest BCUT2D eigenvalue weighted by atomic mass is 19.1. The lowest BCUT2D eigenvalue weighted by molar-refractivity contribution is -0.129. The van der Waals surface area contributed by atoms with Gasteiger partial charge in [-0.3, -0.25) is 9.59 Å². The lowest BCUT2D eigenvalue weighted by Crippen LogP contribution is -2.35. The molecule has 0 bridgehead atoms. The second kappa shape index (κ2) is 8.86. The van der Waals surface area contributed by atoms with Gasteiger partial charge in [-0.05, 0) is 56.7 Å². The Morgan fingerprint density at radius 2 is 1.90 bits per heavy atom. The Hall–Kier alpha value is -3.55. The van der Waals surface area contributed by atoms with Crippen molar-refractivity contribution in [2.75, 3.05) is 0 Å². The molecule has 1 amide bonds. The van der Waals surface area contributed by atoms with Crippen LogP contribution in [0.3, 0.4) is 0 Å². The first-order chi connectivity index (χ1) is 14.3. The van der Waals surface area contributed by atoms with Gasteiger partial charge < -0.3 is 14.6 Å². The summed E-state index contributed by atoms with van der Waals surface area (Å²) in [5.41, 5.74) is 2.23. The summed E-state index contributed by atoms with van der Waals surface area (Å²) in [4.78, 5) is 41.1. The van der Waals surface area contributed by atoms with Crippen LogP contribution in [0.25, 0.3) is 11.0 Å². The third-order valence-corrected chi connectivity index (χ3v) is 4.69. The monoisotopic (exact) mass is 411 g/mol. The van der Waals surface area contributed by atoms with Crippen molar-refractivity contribution in [3.05, 3.63) is 75.5 Å². The Labute approximate surface area is 172 Å². The number of hydrogen-bond donors (Lipinski definition) is 1. The summed E-state index contributed by atoms with van der Waals surface area (Å²) in [6.45, 7) is 5.61. The van der Waals surface area contributed by atoms with Gasteiger partial charge in [-0.1, -0.05) is 12.1 Å². The van der Waals surface area contributed by atoms with Crippen LogP contribution < -0.4 is 10.9 Å². The highest BCUT2D eigenvalue weighted by Crippen LogP contribution is 2.15. The Morgan fingerprint density at radius 3 is 2.57 bits per heavy atom. The van der Waals surface area contributed by atoms with E-state index in [4.69, 9.17) is 4.74 Å². The van der Waals surface area contributed by atoms with Gasteiger partial charge in [0.15, 0.2) is 6.10 Å². The number of nitrogens with zero attached hydrogens (tertiary/aromatic N) is 2. The Morgan fingerprint density at radius 1 is 1.20 bits per heavy atom. The van der Waals surface area contributed by atoms with Crippen molar-refractivity contribution in [1.29, 1.82) is 0 Å². The molecule has 2 aromatic carbocycles. The SMILES string of the molecule is CCn1c(=O)c(C)nc2cc(C(=O)OC(C)C(=O)NCc3ccc(F)cc3)ccc21. The number of hydrogen-bond acceptors (Lipinski definition) is 5. The highest BCUT2D eigenvalue weighted by Gasteiger charge is 2.19. The maximum atomic E-state index is 12.9. The fraction of sp³-hybridized carbons (Fsp3) is 0.273. The summed E-state index contributed by atoms with van der Waals surface area (Å²) in [6.07, 6.45) is -1.02. The van der Waals surface area contributed by atoms with Crippen molar-refractivity contribution >= 4 is 22.9 Å². The van der Waals surface area contributed by atoms with Gasteiger partial charge in [-0.15, -0.1) is 0 Å². The zero-order chi connectivity index (χ0) is 21.8. The van der Waals surface area contributed by atoms with Crippen LogP contribution >= 0.6 is 0 Å². The second-order valence-corrected chi connectivity index (χ2v) is 6.84. The van der Waals surface area contributed by atoms with Gasteiger partial charge >= 0.3 is 5.97 Å². The molecule has 3 aromatic rings. The van der Waals surface area contributed by atoms with Crippen molar-refractivity contribution in [2.45, 2.75) is 40.0 Å². The third-order valence-electron chi connectivity index (χ3n) is 4.69. The average molecular weight is 411 g/mol. The van der Waals surface area contributed by atoms with Crippen LogP contribution in [0.4, 0.5) is 4.39 Å². The van der Waals surface area contributed by atoms with Crippen molar-refractivity contribution in [2.24, 2.45) is 0 Å². The number of amides is 1. The number of carbonyl (C=O) groups excluding carboxylic acids is 2. The molecular weight excluding hydrogens is 389 g/mol. The van der Waals surface area contributed by atoms with Crippen LogP contribution in [-0.2, 0) is 22.6 Å². The molecule has 0 radical (unpaired) electrons. The first-order valence-electron chi connectivity index (χ1n) is 9.54. The fourth-order valence-corrected chi connectivity index (χ4v) is 3.03. The minimum atomic E-state index is -1.02. The molecule has 3 rings (SSSR count). The lowest BCUT2D eigenvalue weighted by Gasteiger charge is -2.14. The lowest BCUT2D eigenvalue weighted by atomic mass is 10.2. The maximum absolute atomic E-state index is 12.9. The molecular formula is C22H22FN3O4. The molecule has 1 atom stereocenters. The largest absolute Gasteiger partial charge is 0.449 e. The summed E-state index contributed by atoms with van der Waals surface area (Å²) in [5, 5.41) is 2.64. The van der Waals surface area contributed by atoms with Crippen molar-refractivity contribution in [3.63, 3.8) is 0 Å². The van der Waals surface area contributed by atoms with Crippen LogP contribution in [-0.4, -0.2) is 27.5 Å². The van der Waals surface area contributed by atoms with Gasteiger partial charge in [-0.25, -0.2) is 14.2 Å². The van der Waals surface area contributed by atoms with E-state index in [-0.39, 0.29) is 23.5 Å². The Kier molecular flexibility index (Phi) is 6.25. The third kappa shape index (κ3) is 4.53. The van der Waals surface area contributed by atoms with Crippen LogP contribution in [0.1, 0.15) is 35.5 Å². The molecule has 1 unspecified atom stereocenters. The maximum Gasteiger partial charge on any atom is 0.338 e. The Bertz CT molecular complexity index is 1160. The normalized spacial score (nSPS) is 11.9. The zero-order valence-electron chi connectivity index (χ0n) is 16.9. The molecule has 1 aromatic heterocycles. The average Bonchev–Trinajstić information content (AvgIpc) is 2.73. The summed E-state index contributed by atoms with van der Waals surface area (Å²) in [5.74, 6) is -1.50. The molecule has 0 aliphatic rings.